The van der Waals surface area contributed by atoms with Crippen LogP contribution in [0.25, 0.3) is 0 Å². The topological polar surface area (TPSA) is 32.3 Å². The summed E-state index contributed by atoms with van der Waals surface area (Å²) in [5.41, 5.74) is 0. The van der Waals surface area contributed by atoms with Gasteiger partial charge in [0.1, 0.15) is 5.75 Å². The van der Waals surface area contributed by atoms with E-state index in [9.17, 15) is 4.57 Å². The first kappa shape index (κ1) is 9.40. The summed E-state index contributed by atoms with van der Waals surface area (Å²) in [6.07, 6.45) is 0. The second-order valence-corrected chi connectivity index (χ2v) is 6.10. The summed E-state index contributed by atoms with van der Waals surface area (Å²) < 4.78 is 22.0. The summed E-state index contributed by atoms with van der Waals surface area (Å²) in [7, 11) is -2.70. The Bertz CT molecular complexity index is 385. The zero-order valence-electron chi connectivity index (χ0n) is 8.37. The highest BCUT2D eigenvalue weighted by atomic mass is 31.2. The van der Waals surface area contributed by atoms with Crippen LogP contribution >= 0.6 is 7.67 Å². The van der Waals surface area contributed by atoms with Gasteiger partial charge in [-0.3, -0.25) is 0 Å². The smallest absolute Gasteiger partial charge is 0.395 e. The van der Waals surface area contributed by atoms with Gasteiger partial charge in [-0.15, -0.1) is 0 Å². The first-order valence-corrected chi connectivity index (χ1v) is 6.68. The van der Waals surface area contributed by atoms with Gasteiger partial charge in [-0.25, -0.2) is 13.9 Å². The molecule has 0 N–H and O–H groups in total. The second-order valence-electron chi connectivity index (χ2n) is 3.80. The molecular weight excluding hydrogens is 211 g/mol. The Balaban J connectivity index is 1.82. The van der Waals surface area contributed by atoms with Crippen molar-refractivity contribution in [1.82, 2.24) is 9.34 Å². The number of benzene rings is 1. The molecule has 80 valence electrons. The molecule has 3 rings (SSSR count). The van der Waals surface area contributed by atoms with E-state index in [0.29, 0.717) is 5.75 Å². The standard InChI is InChI=1S/C10H13N2O2P/c13-15(11-6-7-11,12-8-9-12)14-10-4-2-1-3-5-10/h1-5H,6-9H2. The van der Waals surface area contributed by atoms with Crippen LogP contribution in [0.1, 0.15) is 0 Å². The fraction of sp³-hybridized carbons (Fsp3) is 0.400. The van der Waals surface area contributed by atoms with Gasteiger partial charge in [-0.1, -0.05) is 18.2 Å². The van der Waals surface area contributed by atoms with Crippen molar-refractivity contribution in [1.29, 1.82) is 0 Å². The number of hydrogen-bond acceptors (Lipinski definition) is 2. The summed E-state index contributed by atoms with van der Waals surface area (Å²) in [5.74, 6) is 0.694. The molecule has 0 saturated carbocycles. The molecule has 2 aliphatic rings. The lowest BCUT2D eigenvalue weighted by molar-refractivity contribution is 0.410. The minimum Gasteiger partial charge on any atom is -0.422 e. The van der Waals surface area contributed by atoms with Crippen molar-refractivity contribution in [2.45, 2.75) is 0 Å². The molecular formula is C10H13N2O2P. The Kier molecular flexibility index (Phi) is 2.09. The first-order valence-electron chi connectivity index (χ1n) is 5.14. The van der Waals surface area contributed by atoms with Crippen LogP contribution in [0, 0.1) is 0 Å². The lowest BCUT2D eigenvalue weighted by Crippen LogP contribution is -2.10. The van der Waals surface area contributed by atoms with Crippen molar-refractivity contribution in [2.24, 2.45) is 0 Å². The van der Waals surface area contributed by atoms with Gasteiger partial charge in [0.15, 0.2) is 0 Å². The van der Waals surface area contributed by atoms with Gasteiger partial charge >= 0.3 is 7.67 Å². The highest BCUT2D eigenvalue weighted by Gasteiger charge is 2.50. The maximum atomic E-state index is 12.5. The minimum absolute atomic E-state index is 0.694. The Morgan fingerprint density at radius 3 is 2.00 bits per heavy atom. The summed E-state index contributed by atoms with van der Waals surface area (Å²) in [4.78, 5) is 0. The molecule has 4 nitrogen and oxygen atoms in total. The van der Waals surface area contributed by atoms with Crippen LogP contribution in [0.5, 0.6) is 5.75 Å². The fourth-order valence-electron chi connectivity index (χ4n) is 1.51. The van der Waals surface area contributed by atoms with Crippen LogP contribution in [-0.4, -0.2) is 35.5 Å². The van der Waals surface area contributed by atoms with Crippen LogP contribution in [-0.2, 0) is 4.57 Å². The lowest BCUT2D eigenvalue weighted by atomic mass is 10.3. The zero-order valence-corrected chi connectivity index (χ0v) is 9.27. The Morgan fingerprint density at radius 1 is 1.00 bits per heavy atom. The third-order valence-electron chi connectivity index (χ3n) is 2.53. The minimum atomic E-state index is -2.70. The van der Waals surface area contributed by atoms with E-state index in [1.165, 1.54) is 0 Å². The van der Waals surface area contributed by atoms with E-state index in [-0.39, 0.29) is 0 Å². The average Bonchev–Trinajstić information content (AvgIpc) is 3.09. The van der Waals surface area contributed by atoms with Gasteiger partial charge in [0.05, 0.1) is 0 Å². The Labute approximate surface area is 89.0 Å². The van der Waals surface area contributed by atoms with E-state index >= 15 is 0 Å². The van der Waals surface area contributed by atoms with E-state index < -0.39 is 7.67 Å². The molecule has 2 saturated heterocycles. The van der Waals surface area contributed by atoms with E-state index in [2.05, 4.69) is 0 Å². The summed E-state index contributed by atoms with van der Waals surface area (Å²) in [6, 6.07) is 9.40. The highest BCUT2D eigenvalue weighted by molar-refractivity contribution is 7.55. The largest absolute Gasteiger partial charge is 0.422 e. The van der Waals surface area contributed by atoms with Crippen molar-refractivity contribution < 1.29 is 9.09 Å². The number of rotatable bonds is 4. The van der Waals surface area contributed by atoms with Crippen LogP contribution in [0.15, 0.2) is 30.3 Å². The van der Waals surface area contributed by atoms with E-state index in [1.807, 2.05) is 39.7 Å². The van der Waals surface area contributed by atoms with Crippen LogP contribution in [0.2, 0.25) is 0 Å². The summed E-state index contributed by atoms with van der Waals surface area (Å²) in [6.45, 7) is 3.56. The van der Waals surface area contributed by atoms with Crippen molar-refractivity contribution in [3.63, 3.8) is 0 Å². The molecule has 0 amide bonds. The maximum Gasteiger partial charge on any atom is 0.395 e. The molecule has 0 radical (unpaired) electrons. The monoisotopic (exact) mass is 224 g/mol. The molecule has 0 spiro atoms. The van der Waals surface area contributed by atoms with Crippen molar-refractivity contribution >= 4 is 7.67 Å². The van der Waals surface area contributed by atoms with Crippen LogP contribution in [0.3, 0.4) is 0 Å². The number of nitrogens with zero attached hydrogens (tertiary/aromatic N) is 2. The summed E-state index contributed by atoms with van der Waals surface area (Å²) >= 11 is 0. The van der Waals surface area contributed by atoms with E-state index in [1.54, 1.807) is 0 Å². The molecule has 0 atom stereocenters. The first-order chi connectivity index (χ1) is 7.29. The van der Waals surface area contributed by atoms with Crippen LogP contribution < -0.4 is 4.52 Å². The van der Waals surface area contributed by atoms with E-state index in [4.69, 9.17) is 4.52 Å². The lowest BCUT2D eigenvalue weighted by Gasteiger charge is -2.20. The fourth-order valence-corrected chi connectivity index (χ4v) is 3.68. The quantitative estimate of drug-likeness (QED) is 0.576. The molecule has 2 fully saturated rings. The van der Waals surface area contributed by atoms with Gasteiger partial charge in [0, 0.05) is 26.2 Å². The van der Waals surface area contributed by atoms with Gasteiger partial charge in [-0.05, 0) is 12.1 Å². The van der Waals surface area contributed by atoms with Crippen molar-refractivity contribution in [3.05, 3.63) is 30.3 Å². The maximum absolute atomic E-state index is 12.5. The normalized spacial score (nSPS) is 21.3. The van der Waals surface area contributed by atoms with Crippen molar-refractivity contribution in [3.8, 4) is 5.75 Å². The number of para-hydroxylation sites is 1. The third kappa shape index (κ3) is 1.81. The molecule has 2 heterocycles. The average molecular weight is 224 g/mol. The SMILES string of the molecule is O=P(Oc1ccccc1)(N1CC1)N1CC1. The molecule has 0 unspecified atom stereocenters. The van der Waals surface area contributed by atoms with Crippen LogP contribution in [0.4, 0.5) is 0 Å². The molecule has 0 bridgehead atoms. The predicted octanol–water partition coefficient (Wildman–Crippen LogP) is 1.80. The number of hydrogen-bond donors (Lipinski definition) is 0. The van der Waals surface area contributed by atoms with E-state index in [0.717, 1.165) is 26.2 Å². The molecule has 0 aliphatic carbocycles. The zero-order chi connectivity index (χ0) is 10.3. The highest BCUT2D eigenvalue weighted by Crippen LogP contribution is 2.60. The molecule has 15 heavy (non-hydrogen) atoms. The predicted molar refractivity (Wildman–Crippen MR) is 57.8 cm³/mol. The molecule has 5 heteroatoms. The van der Waals surface area contributed by atoms with Crippen molar-refractivity contribution in [2.75, 3.05) is 26.2 Å². The van der Waals surface area contributed by atoms with Gasteiger partial charge in [0.2, 0.25) is 0 Å². The van der Waals surface area contributed by atoms with Gasteiger partial charge < -0.3 is 4.52 Å². The molecule has 1 aromatic carbocycles. The van der Waals surface area contributed by atoms with Gasteiger partial charge in [-0.2, -0.15) is 0 Å². The molecule has 1 aromatic rings. The Morgan fingerprint density at radius 2 is 1.53 bits per heavy atom. The molecule has 2 aliphatic heterocycles. The third-order valence-corrected chi connectivity index (χ3v) is 5.21. The van der Waals surface area contributed by atoms with Gasteiger partial charge in [0.25, 0.3) is 0 Å². The Hall–Kier alpha value is -0.830. The summed E-state index contributed by atoms with van der Waals surface area (Å²) in [5, 5.41) is 0. The second kappa shape index (κ2) is 3.34. The molecule has 0 aromatic heterocycles.